The Bertz CT molecular complexity index is 2440. The summed E-state index contributed by atoms with van der Waals surface area (Å²) in [6.45, 7) is 12.4. The molecule has 1 aliphatic rings. The van der Waals surface area contributed by atoms with E-state index in [1.165, 1.54) is 15.4 Å². The van der Waals surface area contributed by atoms with E-state index < -0.39 is 17.7 Å². The van der Waals surface area contributed by atoms with Crippen LogP contribution in [0.25, 0.3) is 11.3 Å². The highest BCUT2D eigenvalue weighted by Crippen LogP contribution is 2.37. The van der Waals surface area contributed by atoms with Gasteiger partial charge in [-0.05, 0) is 124 Å². The molecule has 59 heavy (non-hydrogen) atoms. The van der Waals surface area contributed by atoms with Gasteiger partial charge in [0.2, 0.25) is 0 Å². The minimum absolute atomic E-state index is 0.299. The predicted octanol–water partition coefficient (Wildman–Crippen LogP) is 10.1. The lowest BCUT2D eigenvalue weighted by atomic mass is 9.92. The molecule has 1 N–H and O–H groups in total. The van der Waals surface area contributed by atoms with Crippen LogP contribution in [0.2, 0.25) is 5.02 Å². The molecule has 11 nitrogen and oxygen atoms in total. The van der Waals surface area contributed by atoms with Gasteiger partial charge in [0, 0.05) is 53.9 Å². The number of amides is 2. The maximum atomic E-state index is 15.0. The number of hydrogen-bond acceptors (Lipinski definition) is 7. The van der Waals surface area contributed by atoms with Crippen LogP contribution in [-0.2, 0) is 31.2 Å². The number of rotatable bonds is 13. The fraction of sp³-hybridized carbons (Fsp3) is 0.277. The van der Waals surface area contributed by atoms with Gasteiger partial charge < -0.3 is 28.8 Å². The van der Waals surface area contributed by atoms with Gasteiger partial charge in [0.1, 0.15) is 23.7 Å². The van der Waals surface area contributed by atoms with Crippen molar-refractivity contribution in [3.8, 4) is 28.8 Å². The molecule has 0 aliphatic carbocycles. The standard InChI is InChI=1S/C47H47ClN4O7/c1-7-21-57-37-16-14-35(15-17-37)52(44(53)41-27-43(50(6)30(41)2)42-25-34(48)13-18-40(42)45(54)59-47(3,4)5)36-23-31(28-49)24-38(26-36)58-22-9-12-32-10-8-11-33-29-51(46(55)56)20-19-39(32)33/h7-8,10-11,13-18,23-27H,1,9,12,19-22,29H2,2-6H3,(H,55,56). The first-order chi connectivity index (χ1) is 28.2. The highest BCUT2D eigenvalue weighted by atomic mass is 35.5. The zero-order valence-corrected chi connectivity index (χ0v) is 34.6. The van der Waals surface area contributed by atoms with Gasteiger partial charge in [-0.1, -0.05) is 42.5 Å². The zero-order chi connectivity index (χ0) is 42.4. The van der Waals surface area contributed by atoms with Gasteiger partial charge >= 0.3 is 12.1 Å². The van der Waals surface area contributed by atoms with Crippen molar-refractivity contribution in [2.75, 3.05) is 24.7 Å². The van der Waals surface area contributed by atoms with Gasteiger partial charge in [-0.25, -0.2) is 9.59 Å². The van der Waals surface area contributed by atoms with Crippen LogP contribution in [0.15, 0.2) is 97.6 Å². The fourth-order valence-electron chi connectivity index (χ4n) is 7.16. The van der Waals surface area contributed by atoms with Gasteiger partial charge in [-0.3, -0.25) is 9.69 Å². The summed E-state index contributed by atoms with van der Waals surface area (Å²) in [5.74, 6) is 0.0959. The molecule has 0 unspecified atom stereocenters. The number of carbonyl (C=O) groups excluding carboxylic acids is 2. The lowest BCUT2D eigenvalue weighted by Crippen LogP contribution is -2.35. The number of aromatic nitrogens is 1. The molecule has 12 heteroatoms. The van der Waals surface area contributed by atoms with E-state index in [9.17, 15) is 24.8 Å². The second-order valence-electron chi connectivity index (χ2n) is 15.3. The lowest BCUT2D eigenvalue weighted by molar-refractivity contribution is 0.00701. The number of fused-ring (bicyclic) bond motifs is 1. The average Bonchev–Trinajstić information content (AvgIpc) is 3.51. The number of nitrogens with zero attached hydrogens (tertiary/aromatic N) is 4. The molecule has 6 rings (SSSR count). The van der Waals surface area contributed by atoms with Crippen LogP contribution < -0.4 is 14.4 Å². The summed E-state index contributed by atoms with van der Waals surface area (Å²) < 4.78 is 19.5. The molecule has 2 amide bonds. The molecule has 0 atom stereocenters. The van der Waals surface area contributed by atoms with Crippen molar-refractivity contribution in [2.45, 2.75) is 59.1 Å². The molecule has 0 fully saturated rings. The molecule has 1 aliphatic heterocycles. The van der Waals surface area contributed by atoms with Crippen LogP contribution in [0.4, 0.5) is 16.2 Å². The van der Waals surface area contributed by atoms with Crippen LogP contribution >= 0.6 is 11.6 Å². The normalized spacial score (nSPS) is 12.3. The first-order valence-electron chi connectivity index (χ1n) is 19.3. The van der Waals surface area contributed by atoms with Crippen LogP contribution in [0.3, 0.4) is 0 Å². The van der Waals surface area contributed by atoms with Crippen LogP contribution in [0.5, 0.6) is 11.5 Å². The number of carboxylic acid groups (broad SMARTS) is 1. The Morgan fingerprint density at radius 1 is 0.966 bits per heavy atom. The van der Waals surface area contributed by atoms with Crippen LogP contribution in [0, 0.1) is 18.3 Å². The predicted molar refractivity (Wildman–Crippen MR) is 228 cm³/mol. The monoisotopic (exact) mass is 814 g/mol. The Hall–Kier alpha value is -6.51. The van der Waals surface area contributed by atoms with Gasteiger partial charge in [-0.15, -0.1) is 0 Å². The quantitative estimate of drug-likeness (QED) is 0.0705. The summed E-state index contributed by atoms with van der Waals surface area (Å²) in [6.07, 6.45) is 2.78. The van der Waals surface area contributed by atoms with E-state index >= 15 is 0 Å². The number of aryl methyl sites for hydroxylation is 1. The number of anilines is 2. The summed E-state index contributed by atoms with van der Waals surface area (Å²) >= 11 is 6.47. The van der Waals surface area contributed by atoms with Crippen molar-refractivity contribution >= 4 is 40.9 Å². The Balaban J connectivity index is 1.33. The molecule has 0 radical (unpaired) electrons. The van der Waals surface area contributed by atoms with E-state index in [0.29, 0.717) is 101 Å². The Labute approximate surface area is 349 Å². The third kappa shape index (κ3) is 9.79. The number of esters is 1. The maximum Gasteiger partial charge on any atom is 0.407 e. The van der Waals surface area contributed by atoms with Gasteiger partial charge in [0.05, 0.1) is 35.1 Å². The highest BCUT2D eigenvalue weighted by molar-refractivity contribution is 6.31. The summed E-state index contributed by atoms with van der Waals surface area (Å²) in [6, 6.07) is 27.0. The van der Waals surface area contributed by atoms with Crippen molar-refractivity contribution in [1.29, 1.82) is 5.26 Å². The third-order valence-corrected chi connectivity index (χ3v) is 10.3. The molecule has 0 saturated heterocycles. The Morgan fingerprint density at radius 2 is 1.73 bits per heavy atom. The molecule has 1 aromatic heterocycles. The minimum atomic E-state index is -0.918. The SMILES string of the molecule is C=CCOc1ccc(N(C(=O)c2cc(-c3cc(Cl)ccc3C(=O)OC(C)(C)C)n(C)c2C)c2cc(C#N)cc(OCCCc3cccc4c3CCN(C(=O)O)C4)c2)cc1. The minimum Gasteiger partial charge on any atom is -0.493 e. The number of hydrogen-bond donors (Lipinski definition) is 1. The average molecular weight is 815 g/mol. The van der Waals surface area contributed by atoms with Crippen LogP contribution in [-0.4, -0.2) is 57.9 Å². The largest absolute Gasteiger partial charge is 0.493 e. The highest BCUT2D eigenvalue weighted by Gasteiger charge is 2.29. The second-order valence-corrected chi connectivity index (χ2v) is 15.7. The van der Waals surface area contributed by atoms with Gasteiger partial charge in [0.25, 0.3) is 5.91 Å². The summed E-state index contributed by atoms with van der Waals surface area (Å²) in [7, 11) is 1.81. The lowest BCUT2D eigenvalue weighted by Gasteiger charge is -2.28. The molecule has 0 bridgehead atoms. The molecule has 2 heterocycles. The molecular weight excluding hydrogens is 768 g/mol. The summed E-state index contributed by atoms with van der Waals surface area (Å²) in [4.78, 5) is 42.9. The maximum absolute atomic E-state index is 15.0. The van der Waals surface area contributed by atoms with Gasteiger partial charge in [0.15, 0.2) is 0 Å². The second kappa shape index (κ2) is 18.0. The van der Waals surface area contributed by atoms with Crippen molar-refractivity contribution in [1.82, 2.24) is 9.47 Å². The number of carbonyl (C=O) groups is 3. The van der Waals surface area contributed by atoms with E-state index in [-0.39, 0.29) is 5.91 Å². The number of benzene rings is 4. The molecule has 0 spiro atoms. The number of halogens is 1. The first-order valence-corrected chi connectivity index (χ1v) is 19.7. The van der Waals surface area contributed by atoms with E-state index in [2.05, 4.69) is 18.7 Å². The topological polar surface area (TPSA) is 134 Å². The smallest absolute Gasteiger partial charge is 0.407 e. The van der Waals surface area contributed by atoms with Gasteiger partial charge in [-0.2, -0.15) is 5.26 Å². The zero-order valence-electron chi connectivity index (χ0n) is 33.9. The summed E-state index contributed by atoms with van der Waals surface area (Å²) in [5.41, 5.74) is 6.22. The number of nitriles is 1. The van der Waals surface area contributed by atoms with E-state index in [4.69, 9.17) is 25.8 Å². The summed E-state index contributed by atoms with van der Waals surface area (Å²) in [5, 5.41) is 20.0. The van der Waals surface area contributed by atoms with E-state index in [1.807, 2.05) is 30.7 Å². The number of ether oxygens (including phenoxy) is 3. The van der Waals surface area contributed by atoms with Crippen molar-refractivity contribution in [2.24, 2.45) is 7.05 Å². The fourth-order valence-corrected chi connectivity index (χ4v) is 7.34. The van der Waals surface area contributed by atoms with E-state index in [1.54, 1.807) is 93.6 Å². The van der Waals surface area contributed by atoms with Crippen molar-refractivity contribution < 1.29 is 33.7 Å². The van der Waals surface area contributed by atoms with Crippen molar-refractivity contribution in [3.63, 3.8) is 0 Å². The van der Waals surface area contributed by atoms with E-state index in [0.717, 1.165) is 17.5 Å². The molecule has 304 valence electrons. The molecule has 5 aromatic rings. The molecule has 4 aromatic carbocycles. The third-order valence-electron chi connectivity index (χ3n) is 10.1. The Kier molecular flexibility index (Phi) is 12.8. The molecule has 0 saturated carbocycles. The first kappa shape index (κ1) is 42.1. The Morgan fingerprint density at radius 3 is 2.42 bits per heavy atom. The van der Waals surface area contributed by atoms with Crippen LogP contribution in [0.1, 0.15) is 75.9 Å². The molecular formula is C47H47ClN4O7. The van der Waals surface area contributed by atoms with Crippen molar-refractivity contribution in [3.05, 3.63) is 142 Å².